The van der Waals surface area contributed by atoms with Gasteiger partial charge in [0.05, 0.1) is 12.8 Å². The van der Waals surface area contributed by atoms with Crippen LogP contribution in [0.1, 0.15) is 11.3 Å². The topological polar surface area (TPSA) is 52.5 Å². The van der Waals surface area contributed by atoms with E-state index in [0.717, 1.165) is 29.2 Å². The number of ether oxygens (including phenoxy) is 1. The summed E-state index contributed by atoms with van der Waals surface area (Å²) in [6.07, 6.45) is 5.68. The van der Waals surface area contributed by atoms with Gasteiger partial charge in [0.25, 0.3) is 0 Å². The summed E-state index contributed by atoms with van der Waals surface area (Å²) in [7, 11) is 1.68. The number of imidazole rings is 1. The molecular weight excluding hydrogens is 270 g/mol. The van der Waals surface area contributed by atoms with Crippen molar-refractivity contribution in [1.82, 2.24) is 9.38 Å². The lowest BCUT2D eigenvalue weighted by Crippen LogP contribution is -2.25. The van der Waals surface area contributed by atoms with Gasteiger partial charge >= 0.3 is 0 Å². The summed E-state index contributed by atoms with van der Waals surface area (Å²) >= 11 is 1.64. The maximum Gasteiger partial charge on any atom is 0.193 e. The van der Waals surface area contributed by atoms with E-state index in [2.05, 4.69) is 17.2 Å². The second-order valence-corrected chi connectivity index (χ2v) is 5.72. The van der Waals surface area contributed by atoms with Gasteiger partial charge in [0.15, 0.2) is 4.96 Å². The summed E-state index contributed by atoms with van der Waals surface area (Å²) in [6, 6.07) is 8.11. The highest BCUT2D eigenvalue weighted by Crippen LogP contribution is 2.16. The number of fused-ring (bicyclic) bond motifs is 1. The molecule has 104 valence electrons. The van der Waals surface area contributed by atoms with Crippen molar-refractivity contribution in [1.29, 1.82) is 0 Å². The molecule has 0 aliphatic heterocycles. The highest BCUT2D eigenvalue weighted by molar-refractivity contribution is 7.15. The molecule has 1 atom stereocenters. The lowest BCUT2D eigenvalue weighted by molar-refractivity contribution is 0.414. The van der Waals surface area contributed by atoms with Gasteiger partial charge in [-0.05, 0) is 24.1 Å². The minimum absolute atomic E-state index is 0.0618. The Morgan fingerprint density at radius 1 is 1.40 bits per heavy atom. The molecule has 2 N–H and O–H groups in total. The average molecular weight is 287 g/mol. The predicted octanol–water partition coefficient (Wildman–Crippen LogP) is 2.52. The van der Waals surface area contributed by atoms with E-state index in [-0.39, 0.29) is 6.04 Å². The fraction of sp³-hybridized carbons (Fsp3) is 0.267. The smallest absolute Gasteiger partial charge is 0.193 e. The fourth-order valence-electron chi connectivity index (χ4n) is 2.32. The Bertz CT molecular complexity index is 675. The minimum atomic E-state index is 0.0618. The Morgan fingerprint density at radius 2 is 2.30 bits per heavy atom. The Labute approximate surface area is 121 Å². The van der Waals surface area contributed by atoms with Crippen LogP contribution in [0.3, 0.4) is 0 Å². The molecule has 0 spiro atoms. The Hall–Kier alpha value is -1.85. The van der Waals surface area contributed by atoms with Crippen LogP contribution >= 0.6 is 11.3 Å². The van der Waals surface area contributed by atoms with Crippen molar-refractivity contribution in [3.8, 4) is 5.75 Å². The van der Waals surface area contributed by atoms with Crippen LogP contribution in [-0.2, 0) is 12.8 Å². The van der Waals surface area contributed by atoms with E-state index in [1.54, 1.807) is 18.4 Å². The minimum Gasteiger partial charge on any atom is -0.497 e. The molecule has 0 aliphatic carbocycles. The number of thiazole rings is 1. The van der Waals surface area contributed by atoms with Crippen molar-refractivity contribution in [3.05, 3.63) is 53.3 Å². The molecule has 0 aliphatic rings. The van der Waals surface area contributed by atoms with Crippen LogP contribution in [0, 0.1) is 0 Å². The third kappa shape index (κ3) is 2.84. The van der Waals surface area contributed by atoms with Crippen molar-refractivity contribution in [3.63, 3.8) is 0 Å². The molecular formula is C15H17N3OS. The van der Waals surface area contributed by atoms with Gasteiger partial charge in [-0.1, -0.05) is 12.1 Å². The van der Waals surface area contributed by atoms with Gasteiger partial charge in [-0.15, -0.1) is 11.3 Å². The molecule has 5 heteroatoms. The maximum atomic E-state index is 6.23. The van der Waals surface area contributed by atoms with E-state index in [4.69, 9.17) is 10.5 Å². The van der Waals surface area contributed by atoms with Crippen LogP contribution in [-0.4, -0.2) is 22.5 Å². The first-order valence-electron chi connectivity index (χ1n) is 6.54. The van der Waals surface area contributed by atoms with Crippen LogP contribution < -0.4 is 10.5 Å². The van der Waals surface area contributed by atoms with Crippen LogP contribution in [0.5, 0.6) is 5.75 Å². The first kappa shape index (κ1) is 13.1. The molecule has 1 unspecified atom stereocenters. The van der Waals surface area contributed by atoms with Gasteiger partial charge in [-0.3, -0.25) is 4.40 Å². The zero-order chi connectivity index (χ0) is 13.9. The maximum absolute atomic E-state index is 6.23. The summed E-state index contributed by atoms with van der Waals surface area (Å²) in [5.41, 5.74) is 8.47. The van der Waals surface area contributed by atoms with Crippen LogP contribution in [0.15, 0.2) is 42.0 Å². The molecule has 0 saturated heterocycles. The van der Waals surface area contributed by atoms with Gasteiger partial charge in [0.1, 0.15) is 5.75 Å². The third-order valence-electron chi connectivity index (χ3n) is 3.25. The summed E-state index contributed by atoms with van der Waals surface area (Å²) in [4.78, 5) is 5.59. The van der Waals surface area contributed by atoms with Crippen molar-refractivity contribution in [2.45, 2.75) is 18.9 Å². The average Bonchev–Trinajstić information content (AvgIpc) is 2.99. The zero-order valence-electron chi connectivity index (χ0n) is 11.3. The Balaban J connectivity index is 1.66. The lowest BCUT2D eigenvalue weighted by Gasteiger charge is -2.10. The number of benzene rings is 1. The molecule has 2 aromatic heterocycles. The van der Waals surface area contributed by atoms with Crippen LogP contribution in [0.25, 0.3) is 4.96 Å². The molecule has 4 nitrogen and oxygen atoms in total. The second-order valence-electron chi connectivity index (χ2n) is 4.84. The molecule has 20 heavy (non-hydrogen) atoms. The molecule has 0 amide bonds. The quantitative estimate of drug-likeness (QED) is 0.784. The molecule has 3 aromatic rings. The number of hydrogen-bond acceptors (Lipinski definition) is 4. The van der Waals surface area contributed by atoms with Crippen molar-refractivity contribution >= 4 is 16.3 Å². The van der Waals surface area contributed by atoms with Crippen LogP contribution in [0.4, 0.5) is 0 Å². The number of aromatic nitrogens is 2. The number of methoxy groups -OCH3 is 1. The van der Waals surface area contributed by atoms with Gasteiger partial charge in [0.2, 0.25) is 0 Å². The standard InChI is InChI=1S/C15H17N3OS/c1-19-14-4-2-3-11(8-14)7-12(16)9-13-10-18-5-6-20-15(18)17-13/h2-6,8,10,12H,7,9,16H2,1H3. The van der Waals surface area contributed by atoms with Crippen molar-refractivity contribution in [2.24, 2.45) is 5.73 Å². The first-order chi connectivity index (χ1) is 9.74. The molecule has 0 radical (unpaired) electrons. The van der Waals surface area contributed by atoms with E-state index < -0.39 is 0 Å². The monoisotopic (exact) mass is 287 g/mol. The largest absolute Gasteiger partial charge is 0.497 e. The van der Waals surface area contributed by atoms with Gasteiger partial charge in [-0.25, -0.2) is 4.98 Å². The van der Waals surface area contributed by atoms with E-state index in [1.165, 1.54) is 5.56 Å². The Kier molecular flexibility index (Phi) is 3.71. The van der Waals surface area contributed by atoms with E-state index in [1.807, 2.05) is 34.2 Å². The predicted molar refractivity (Wildman–Crippen MR) is 81.4 cm³/mol. The lowest BCUT2D eigenvalue weighted by atomic mass is 10.0. The summed E-state index contributed by atoms with van der Waals surface area (Å²) in [5.74, 6) is 0.872. The third-order valence-corrected chi connectivity index (χ3v) is 4.02. The van der Waals surface area contributed by atoms with Crippen molar-refractivity contribution < 1.29 is 4.74 Å². The van der Waals surface area contributed by atoms with Crippen LogP contribution in [0.2, 0.25) is 0 Å². The summed E-state index contributed by atoms with van der Waals surface area (Å²) in [6.45, 7) is 0. The SMILES string of the molecule is COc1cccc(CC(N)Cc2cn3ccsc3n2)c1. The molecule has 2 heterocycles. The molecule has 0 bridgehead atoms. The van der Waals surface area contributed by atoms with E-state index in [9.17, 15) is 0 Å². The molecule has 0 saturated carbocycles. The normalized spacial score (nSPS) is 12.7. The summed E-state index contributed by atoms with van der Waals surface area (Å²) in [5, 5.41) is 2.03. The first-order valence-corrected chi connectivity index (χ1v) is 7.42. The highest BCUT2D eigenvalue weighted by atomic mass is 32.1. The molecule has 1 aromatic carbocycles. The Morgan fingerprint density at radius 3 is 3.10 bits per heavy atom. The number of nitrogens with two attached hydrogens (primary N) is 1. The molecule has 3 rings (SSSR count). The van der Waals surface area contributed by atoms with Gasteiger partial charge < -0.3 is 10.5 Å². The van der Waals surface area contributed by atoms with Gasteiger partial charge in [-0.2, -0.15) is 0 Å². The molecule has 0 fully saturated rings. The number of hydrogen-bond donors (Lipinski definition) is 1. The van der Waals surface area contributed by atoms with Gasteiger partial charge in [0, 0.05) is 30.2 Å². The summed E-state index contributed by atoms with van der Waals surface area (Å²) < 4.78 is 7.27. The number of rotatable bonds is 5. The highest BCUT2D eigenvalue weighted by Gasteiger charge is 2.09. The van der Waals surface area contributed by atoms with E-state index >= 15 is 0 Å². The van der Waals surface area contributed by atoms with E-state index in [0.29, 0.717) is 0 Å². The number of nitrogens with zero attached hydrogens (tertiary/aromatic N) is 2. The zero-order valence-corrected chi connectivity index (χ0v) is 12.1. The second kappa shape index (κ2) is 5.64. The van der Waals surface area contributed by atoms with Crippen molar-refractivity contribution in [2.75, 3.05) is 7.11 Å². The fourth-order valence-corrected chi connectivity index (χ4v) is 3.04.